The molecule has 8 nitrogen and oxygen atoms in total. The molecule has 3 heterocycles. The lowest BCUT2D eigenvalue weighted by atomic mass is 9.94. The Bertz CT molecular complexity index is 864. The zero-order valence-electron chi connectivity index (χ0n) is 18.0. The Morgan fingerprint density at radius 1 is 1.07 bits per heavy atom. The lowest BCUT2D eigenvalue weighted by Gasteiger charge is -2.40. The average molecular weight is 414 g/mol. The molecule has 1 spiro atoms. The van der Waals surface area contributed by atoms with E-state index in [-0.39, 0.29) is 24.1 Å². The number of rotatable bonds is 2. The van der Waals surface area contributed by atoms with E-state index in [4.69, 9.17) is 0 Å². The molecule has 2 N–H and O–H groups in total. The largest absolute Gasteiger partial charge is 0.362 e. The van der Waals surface area contributed by atoms with Gasteiger partial charge in [0.15, 0.2) is 0 Å². The second-order valence-electron chi connectivity index (χ2n) is 8.85. The van der Waals surface area contributed by atoms with E-state index in [1.807, 2.05) is 44.0 Å². The Labute approximate surface area is 177 Å². The summed E-state index contributed by atoms with van der Waals surface area (Å²) in [5.41, 5.74) is 1.83. The average Bonchev–Trinajstić information content (AvgIpc) is 2.86. The van der Waals surface area contributed by atoms with E-state index in [1.54, 1.807) is 4.90 Å². The first kappa shape index (κ1) is 20.7. The minimum atomic E-state index is -0.668. The van der Waals surface area contributed by atoms with Crippen LogP contribution in [0.3, 0.4) is 0 Å². The van der Waals surface area contributed by atoms with Crippen LogP contribution in [-0.4, -0.2) is 83.9 Å². The van der Waals surface area contributed by atoms with Crippen molar-refractivity contribution in [3.63, 3.8) is 0 Å². The number of benzene rings is 1. The molecule has 0 bridgehead atoms. The van der Waals surface area contributed by atoms with E-state index >= 15 is 0 Å². The zero-order valence-corrected chi connectivity index (χ0v) is 18.0. The summed E-state index contributed by atoms with van der Waals surface area (Å²) < 4.78 is 0. The molecule has 1 aromatic rings. The van der Waals surface area contributed by atoms with Gasteiger partial charge in [-0.05, 0) is 45.0 Å². The molecule has 0 unspecified atom stereocenters. The molecule has 30 heavy (non-hydrogen) atoms. The van der Waals surface area contributed by atoms with Crippen LogP contribution in [0.4, 0.5) is 5.69 Å². The predicted molar refractivity (Wildman–Crippen MR) is 114 cm³/mol. The normalized spacial score (nSPS) is 26.0. The van der Waals surface area contributed by atoms with Crippen molar-refractivity contribution in [1.82, 2.24) is 20.0 Å². The fourth-order valence-corrected chi connectivity index (χ4v) is 4.64. The molecule has 4 rings (SSSR count). The van der Waals surface area contributed by atoms with Crippen LogP contribution in [0.2, 0.25) is 0 Å². The molecule has 0 saturated carbocycles. The monoisotopic (exact) mass is 413 g/mol. The first-order valence-corrected chi connectivity index (χ1v) is 10.8. The van der Waals surface area contributed by atoms with Crippen molar-refractivity contribution >= 4 is 23.4 Å². The summed E-state index contributed by atoms with van der Waals surface area (Å²) in [5.74, 6) is -0.145. The van der Waals surface area contributed by atoms with Crippen LogP contribution in [0.25, 0.3) is 0 Å². The Kier molecular flexibility index (Phi) is 5.44. The molecule has 1 aromatic carbocycles. The van der Waals surface area contributed by atoms with Gasteiger partial charge in [0, 0.05) is 51.3 Å². The SMILES string of the molecule is Cc1ccc2c(c1)N[C@@]1(CCC(=O)N([C@H](C)C(=O)N3CCN(C)CC3)CC1)NC2=O. The molecule has 3 amide bonds. The van der Waals surface area contributed by atoms with E-state index < -0.39 is 11.7 Å². The van der Waals surface area contributed by atoms with Crippen LogP contribution in [0.15, 0.2) is 18.2 Å². The van der Waals surface area contributed by atoms with Crippen LogP contribution in [0, 0.1) is 6.92 Å². The minimum absolute atomic E-state index is 0.00834. The van der Waals surface area contributed by atoms with Gasteiger partial charge in [-0.15, -0.1) is 0 Å². The van der Waals surface area contributed by atoms with Crippen molar-refractivity contribution in [3.8, 4) is 0 Å². The van der Waals surface area contributed by atoms with E-state index in [1.165, 1.54) is 0 Å². The number of likely N-dealkylation sites (tertiary alicyclic amines) is 1. The number of fused-ring (bicyclic) bond motifs is 1. The summed E-state index contributed by atoms with van der Waals surface area (Å²) in [6, 6.07) is 5.22. The molecule has 0 aromatic heterocycles. The van der Waals surface area contributed by atoms with E-state index in [0.717, 1.165) is 24.3 Å². The molecule has 2 fully saturated rings. The van der Waals surface area contributed by atoms with Gasteiger partial charge < -0.3 is 25.3 Å². The number of amides is 3. The second-order valence-corrected chi connectivity index (χ2v) is 8.85. The van der Waals surface area contributed by atoms with Crippen LogP contribution in [-0.2, 0) is 9.59 Å². The Morgan fingerprint density at radius 2 is 1.80 bits per heavy atom. The summed E-state index contributed by atoms with van der Waals surface area (Å²) >= 11 is 0. The highest BCUT2D eigenvalue weighted by atomic mass is 16.2. The highest BCUT2D eigenvalue weighted by Gasteiger charge is 2.42. The fourth-order valence-electron chi connectivity index (χ4n) is 4.64. The van der Waals surface area contributed by atoms with Gasteiger partial charge in [0.25, 0.3) is 5.91 Å². The minimum Gasteiger partial charge on any atom is -0.362 e. The number of nitrogens with zero attached hydrogens (tertiary/aromatic N) is 3. The second kappa shape index (κ2) is 7.91. The summed E-state index contributed by atoms with van der Waals surface area (Å²) in [7, 11) is 2.05. The van der Waals surface area contributed by atoms with E-state index in [0.29, 0.717) is 38.0 Å². The molecule has 162 valence electrons. The van der Waals surface area contributed by atoms with Crippen LogP contribution >= 0.6 is 0 Å². The Morgan fingerprint density at radius 3 is 2.53 bits per heavy atom. The van der Waals surface area contributed by atoms with Gasteiger partial charge in [0.2, 0.25) is 11.8 Å². The van der Waals surface area contributed by atoms with Gasteiger partial charge in [-0.1, -0.05) is 6.07 Å². The third kappa shape index (κ3) is 3.88. The van der Waals surface area contributed by atoms with E-state index in [9.17, 15) is 14.4 Å². The first-order valence-electron chi connectivity index (χ1n) is 10.8. The topological polar surface area (TPSA) is 85.0 Å². The highest BCUT2D eigenvalue weighted by molar-refractivity contribution is 6.02. The number of carbonyl (C=O) groups is 3. The maximum absolute atomic E-state index is 13.0. The fraction of sp³-hybridized carbons (Fsp3) is 0.591. The number of hydrogen-bond donors (Lipinski definition) is 2. The predicted octanol–water partition coefficient (Wildman–Crippen LogP) is 1.02. The van der Waals surface area contributed by atoms with Crippen LogP contribution < -0.4 is 10.6 Å². The molecular weight excluding hydrogens is 382 g/mol. The molecular formula is C22H31N5O3. The van der Waals surface area contributed by atoms with Crippen molar-refractivity contribution in [3.05, 3.63) is 29.3 Å². The molecule has 3 aliphatic heterocycles. The third-order valence-electron chi connectivity index (χ3n) is 6.65. The van der Waals surface area contributed by atoms with Crippen molar-refractivity contribution in [2.75, 3.05) is 45.1 Å². The lowest BCUT2D eigenvalue weighted by molar-refractivity contribution is -0.145. The molecule has 2 saturated heterocycles. The highest BCUT2D eigenvalue weighted by Crippen LogP contribution is 2.32. The summed E-state index contributed by atoms with van der Waals surface area (Å²) in [6.07, 6.45) is 1.34. The van der Waals surface area contributed by atoms with Gasteiger partial charge in [0.05, 0.1) is 5.56 Å². The quantitative estimate of drug-likeness (QED) is 0.756. The number of nitrogens with one attached hydrogen (secondary N) is 2. The number of hydrogen-bond acceptors (Lipinski definition) is 5. The number of likely N-dealkylation sites (N-methyl/N-ethyl adjacent to an activating group) is 1. The van der Waals surface area contributed by atoms with Crippen molar-refractivity contribution in [2.45, 2.75) is 44.8 Å². The maximum atomic E-state index is 13.0. The number of aryl methyl sites for hydroxylation is 1. The van der Waals surface area contributed by atoms with Gasteiger partial charge in [-0.25, -0.2) is 0 Å². The Balaban J connectivity index is 1.48. The van der Waals surface area contributed by atoms with Crippen molar-refractivity contribution in [1.29, 1.82) is 0 Å². The van der Waals surface area contributed by atoms with Crippen LogP contribution in [0.1, 0.15) is 42.1 Å². The van der Waals surface area contributed by atoms with Gasteiger partial charge in [-0.3, -0.25) is 14.4 Å². The molecule has 0 aliphatic carbocycles. The zero-order chi connectivity index (χ0) is 21.5. The molecule has 8 heteroatoms. The van der Waals surface area contributed by atoms with Crippen molar-refractivity contribution < 1.29 is 14.4 Å². The lowest BCUT2D eigenvalue weighted by Crippen LogP contribution is -2.58. The Hall–Kier alpha value is -2.61. The van der Waals surface area contributed by atoms with Gasteiger partial charge in [-0.2, -0.15) is 0 Å². The van der Waals surface area contributed by atoms with Gasteiger partial charge in [0.1, 0.15) is 11.7 Å². The summed E-state index contributed by atoms with van der Waals surface area (Å²) in [4.78, 5) is 44.4. The maximum Gasteiger partial charge on any atom is 0.255 e. The summed E-state index contributed by atoms with van der Waals surface area (Å²) in [5, 5.41) is 6.58. The first-order chi connectivity index (χ1) is 14.3. The molecule has 0 radical (unpaired) electrons. The third-order valence-corrected chi connectivity index (χ3v) is 6.65. The molecule has 3 aliphatic rings. The van der Waals surface area contributed by atoms with Crippen LogP contribution in [0.5, 0.6) is 0 Å². The smallest absolute Gasteiger partial charge is 0.255 e. The number of piperazine rings is 1. The summed E-state index contributed by atoms with van der Waals surface area (Å²) in [6.45, 7) is 7.33. The van der Waals surface area contributed by atoms with Crippen molar-refractivity contribution in [2.24, 2.45) is 0 Å². The molecule has 2 atom stereocenters. The number of carbonyl (C=O) groups excluding carboxylic acids is 3. The van der Waals surface area contributed by atoms with E-state index in [2.05, 4.69) is 15.5 Å². The standard InChI is InChI=1S/C22H31N5O3/c1-15-4-5-17-18(14-15)23-22(24-20(17)29)7-6-19(28)27(9-8-22)16(2)21(30)26-12-10-25(3)11-13-26/h4-5,14,16,23H,6-13H2,1-3H3,(H,24,29)/t16-,22+/m1/s1. The van der Waals surface area contributed by atoms with Gasteiger partial charge >= 0.3 is 0 Å². The number of anilines is 1.